The van der Waals surface area contributed by atoms with E-state index in [1.807, 2.05) is 41.8 Å². The molecule has 0 aliphatic rings. The quantitative estimate of drug-likeness (QED) is 0.576. The Kier molecular flexibility index (Phi) is 4.41. The van der Waals surface area contributed by atoms with Gasteiger partial charge in [0.2, 0.25) is 0 Å². The molecule has 0 amide bonds. The van der Waals surface area contributed by atoms with Gasteiger partial charge < -0.3 is 0 Å². The predicted octanol–water partition coefficient (Wildman–Crippen LogP) is 4.29. The van der Waals surface area contributed by atoms with E-state index in [0.717, 1.165) is 11.3 Å². The van der Waals surface area contributed by atoms with Crippen LogP contribution < -0.4 is 5.43 Å². The molecule has 4 nitrogen and oxygen atoms in total. The predicted molar refractivity (Wildman–Crippen MR) is 89.7 cm³/mol. The molecule has 1 aromatic heterocycles. The minimum atomic E-state index is -0.371. The van der Waals surface area contributed by atoms with E-state index in [1.54, 1.807) is 12.1 Å². The molecule has 0 unspecified atom stereocenters. The third kappa shape index (κ3) is 3.59. The largest absolute Gasteiger partial charge is 0.277 e. The summed E-state index contributed by atoms with van der Waals surface area (Å²) in [5, 5.41) is 15.7. The monoisotopic (exact) mass is 322 g/mol. The Bertz CT molecular complexity index is 881. The van der Waals surface area contributed by atoms with E-state index >= 15 is 0 Å². The van der Waals surface area contributed by atoms with Crippen LogP contribution in [0.2, 0.25) is 0 Å². The summed E-state index contributed by atoms with van der Waals surface area (Å²) in [6.45, 7) is 0. The SMILES string of the molecule is N#C/C(=N/Nc1cccc(F)c1)c1nc(-c2ccccc2)cs1. The van der Waals surface area contributed by atoms with E-state index in [0.29, 0.717) is 10.7 Å². The van der Waals surface area contributed by atoms with Crippen LogP contribution in [0.5, 0.6) is 0 Å². The van der Waals surface area contributed by atoms with E-state index in [9.17, 15) is 9.65 Å². The molecule has 0 bridgehead atoms. The number of hydrazone groups is 1. The van der Waals surface area contributed by atoms with Crippen LogP contribution in [0.15, 0.2) is 65.1 Å². The Labute approximate surface area is 136 Å². The van der Waals surface area contributed by atoms with Crippen molar-refractivity contribution in [2.45, 2.75) is 0 Å². The van der Waals surface area contributed by atoms with Crippen molar-refractivity contribution in [2.75, 3.05) is 5.43 Å². The van der Waals surface area contributed by atoms with Gasteiger partial charge in [0.15, 0.2) is 10.7 Å². The molecule has 23 heavy (non-hydrogen) atoms. The van der Waals surface area contributed by atoms with Crippen molar-refractivity contribution < 1.29 is 4.39 Å². The molecule has 0 aliphatic carbocycles. The van der Waals surface area contributed by atoms with E-state index in [1.165, 1.54) is 23.5 Å². The molecule has 3 aromatic rings. The molecule has 1 heterocycles. The average molecular weight is 322 g/mol. The van der Waals surface area contributed by atoms with Crippen molar-refractivity contribution >= 4 is 22.7 Å². The van der Waals surface area contributed by atoms with Crippen LogP contribution in [0.1, 0.15) is 5.01 Å². The normalized spacial score (nSPS) is 11.0. The topological polar surface area (TPSA) is 61.1 Å². The molecule has 0 fully saturated rings. The fourth-order valence-electron chi connectivity index (χ4n) is 1.92. The number of anilines is 1. The third-order valence-corrected chi connectivity index (χ3v) is 3.85. The zero-order valence-electron chi connectivity index (χ0n) is 11.9. The summed E-state index contributed by atoms with van der Waals surface area (Å²) in [4.78, 5) is 4.43. The minimum absolute atomic E-state index is 0.154. The van der Waals surface area contributed by atoms with Crippen molar-refractivity contribution in [1.29, 1.82) is 5.26 Å². The number of hydrogen-bond acceptors (Lipinski definition) is 5. The molecule has 0 saturated heterocycles. The Morgan fingerprint density at radius 3 is 2.74 bits per heavy atom. The number of halogens is 1. The second-order valence-electron chi connectivity index (χ2n) is 4.60. The van der Waals surface area contributed by atoms with Crippen LogP contribution >= 0.6 is 11.3 Å². The Hall–Kier alpha value is -3.04. The van der Waals surface area contributed by atoms with Gasteiger partial charge in [0.1, 0.15) is 11.9 Å². The smallest absolute Gasteiger partial charge is 0.196 e. The molecule has 0 radical (unpaired) electrons. The highest BCUT2D eigenvalue weighted by molar-refractivity contribution is 7.12. The van der Waals surface area contributed by atoms with Gasteiger partial charge in [-0.2, -0.15) is 10.4 Å². The molecule has 1 N–H and O–H groups in total. The number of rotatable bonds is 4. The lowest BCUT2D eigenvalue weighted by atomic mass is 10.2. The number of thiazole rings is 1. The minimum Gasteiger partial charge on any atom is -0.277 e. The summed E-state index contributed by atoms with van der Waals surface area (Å²) < 4.78 is 13.1. The highest BCUT2D eigenvalue weighted by atomic mass is 32.1. The zero-order valence-corrected chi connectivity index (χ0v) is 12.7. The van der Waals surface area contributed by atoms with Crippen LogP contribution in [0.3, 0.4) is 0 Å². The molecule has 0 spiro atoms. The number of nitrogens with one attached hydrogen (secondary N) is 1. The number of nitriles is 1. The lowest BCUT2D eigenvalue weighted by molar-refractivity contribution is 0.628. The van der Waals surface area contributed by atoms with Gasteiger partial charge in [0, 0.05) is 10.9 Å². The van der Waals surface area contributed by atoms with Crippen LogP contribution in [0.25, 0.3) is 11.3 Å². The van der Waals surface area contributed by atoms with Gasteiger partial charge in [-0.05, 0) is 18.2 Å². The van der Waals surface area contributed by atoms with Gasteiger partial charge in [-0.25, -0.2) is 9.37 Å². The maximum atomic E-state index is 13.1. The van der Waals surface area contributed by atoms with Crippen molar-refractivity contribution in [3.63, 3.8) is 0 Å². The second kappa shape index (κ2) is 6.81. The zero-order chi connectivity index (χ0) is 16.1. The highest BCUT2D eigenvalue weighted by Gasteiger charge is 2.10. The van der Waals surface area contributed by atoms with Crippen LogP contribution in [-0.2, 0) is 0 Å². The number of nitrogens with zero attached hydrogens (tertiary/aromatic N) is 3. The van der Waals surface area contributed by atoms with Crippen LogP contribution in [-0.4, -0.2) is 10.7 Å². The van der Waals surface area contributed by atoms with Gasteiger partial charge in [0.25, 0.3) is 0 Å². The first-order valence-electron chi connectivity index (χ1n) is 6.77. The second-order valence-corrected chi connectivity index (χ2v) is 5.46. The average Bonchev–Trinajstić information content (AvgIpc) is 3.06. The van der Waals surface area contributed by atoms with Crippen molar-refractivity contribution in [2.24, 2.45) is 5.10 Å². The molecule has 112 valence electrons. The Balaban J connectivity index is 1.83. The molecule has 6 heteroatoms. The summed E-state index contributed by atoms with van der Waals surface area (Å²) in [7, 11) is 0. The molecule has 0 atom stereocenters. The van der Waals surface area contributed by atoms with Crippen molar-refractivity contribution in [3.05, 3.63) is 70.8 Å². The molecular formula is C17H11FN4S. The molecule has 0 aliphatic heterocycles. The van der Waals surface area contributed by atoms with Crippen LogP contribution in [0.4, 0.5) is 10.1 Å². The third-order valence-electron chi connectivity index (χ3n) is 3.00. The summed E-state index contributed by atoms with van der Waals surface area (Å²) >= 11 is 1.34. The first-order valence-corrected chi connectivity index (χ1v) is 7.65. The van der Waals surface area contributed by atoms with Crippen molar-refractivity contribution in [3.8, 4) is 17.3 Å². The highest BCUT2D eigenvalue weighted by Crippen LogP contribution is 2.22. The summed E-state index contributed by atoms with van der Waals surface area (Å²) in [6.07, 6.45) is 0. The van der Waals surface area contributed by atoms with Gasteiger partial charge in [-0.15, -0.1) is 11.3 Å². The maximum Gasteiger partial charge on any atom is 0.196 e. The molecular weight excluding hydrogens is 311 g/mol. The molecule has 2 aromatic carbocycles. The summed E-state index contributed by atoms with van der Waals surface area (Å²) in [5.41, 5.74) is 5.07. The Morgan fingerprint density at radius 2 is 2.00 bits per heavy atom. The lowest BCUT2D eigenvalue weighted by Gasteiger charge is -2.00. The van der Waals surface area contributed by atoms with E-state index < -0.39 is 0 Å². The first kappa shape index (κ1) is 14.9. The molecule has 0 saturated carbocycles. The number of aromatic nitrogens is 1. The Morgan fingerprint density at radius 1 is 1.17 bits per heavy atom. The lowest BCUT2D eigenvalue weighted by Crippen LogP contribution is -2.01. The van der Waals surface area contributed by atoms with Gasteiger partial charge in [-0.1, -0.05) is 36.4 Å². The van der Waals surface area contributed by atoms with E-state index in [-0.39, 0.29) is 11.5 Å². The molecule has 3 rings (SSSR count). The first-order chi connectivity index (χ1) is 11.3. The summed E-state index contributed by atoms with van der Waals surface area (Å²) in [6, 6.07) is 17.6. The van der Waals surface area contributed by atoms with E-state index in [2.05, 4.69) is 15.5 Å². The number of benzene rings is 2. The van der Waals surface area contributed by atoms with Crippen LogP contribution in [0, 0.1) is 17.1 Å². The summed E-state index contributed by atoms with van der Waals surface area (Å²) in [5.74, 6) is -0.371. The standard InChI is InChI=1S/C17H11FN4S/c18-13-7-4-8-14(9-13)21-22-15(10-19)17-20-16(11-23-17)12-5-2-1-3-6-12/h1-9,11,21H/b22-15-. The fourth-order valence-corrected chi connectivity index (χ4v) is 2.69. The van der Waals surface area contributed by atoms with E-state index in [4.69, 9.17) is 0 Å². The van der Waals surface area contributed by atoms with Gasteiger partial charge >= 0.3 is 0 Å². The van der Waals surface area contributed by atoms with Gasteiger partial charge in [-0.3, -0.25) is 5.43 Å². The van der Waals surface area contributed by atoms with Gasteiger partial charge in [0.05, 0.1) is 11.4 Å². The number of hydrogen-bond donors (Lipinski definition) is 1. The van der Waals surface area contributed by atoms with Crippen molar-refractivity contribution in [1.82, 2.24) is 4.98 Å². The maximum absolute atomic E-state index is 13.1. The fraction of sp³-hybridized carbons (Fsp3) is 0.